The lowest BCUT2D eigenvalue weighted by atomic mass is 10.1. The molecule has 3 nitrogen and oxygen atoms in total. The number of rotatable bonds is 3. The maximum absolute atomic E-state index is 5.91. The number of benzene rings is 1. The van der Waals surface area contributed by atoms with Crippen LogP contribution in [0.2, 0.25) is 10.3 Å². The van der Waals surface area contributed by atoms with Crippen LogP contribution in [-0.2, 0) is 6.54 Å². The van der Waals surface area contributed by atoms with Gasteiger partial charge in [0, 0.05) is 11.8 Å². The molecule has 0 fully saturated rings. The van der Waals surface area contributed by atoms with Crippen LogP contribution in [0.1, 0.15) is 5.56 Å². The van der Waals surface area contributed by atoms with Gasteiger partial charge in [-0.25, -0.2) is 4.98 Å². The molecule has 3 aromatic rings. The van der Waals surface area contributed by atoms with Crippen molar-refractivity contribution in [2.45, 2.75) is 6.54 Å². The monoisotopic (exact) mass is 303 g/mol. The molecule has 2 aromatic heterocycles. The van der Waals surface area contributed by atoms with Crippen molar-refractivity contribution in [3.63, 3.8) is 0 Å². The van der Waals surface area contributed by atoms with Crippen molar-refractivity contribution < 1.29 is 0 Å². The molecule has 0 atom stereocenters. The number of pyridine rings is 1. The van der Waals surface area contributed by atoms with Crippen LogP contribution in [0, 0.1) is 0 Å². The van der Waals surface area contributed by atoms with E-state index in [0.29, 0.717) is 10.3 Å². The lowest BCUT2D eigenvalue weighted by Gasteiger charge is -2.01. The lowest BCUT2D eigenvalue weighted by Crippen LogP contribution is -1.99. The van der Waals surface area contributed by atoms with Gasteiger partial charge in [0.05, 0.1) is 12.7 Å². The van der Waals surface area contributed by atoms with Crippen LogP contribution in [0.3, 0.4) is 0 Å². The molecule has 0 saturated carbocycles. The van der Waals surface area contributed by atoms with E-state index in [1.54, 1.807) is 18.3 Å². The molecule has 0 unspecified atom stereocenters. The predicted octanol–water partition coefficient (Wildman–Crippen LogP) is 4.30. The lowest BCUT2D eigenvalue weighted by molar-refractivity contribution is 0.687. The van der Waals surface area contributed by atoms with Crippen molar-refractivity contribution in [1.29, 1.82) is 0 Å². The Morgan fingerprint density at radius 3 is 2.35 bits per heavy atom. The smallest absolute Gasteiger partial charge is 0.131 e. The third-order valence-corrected chi connectivity index (χ3v) is 3.30. The van der Waals surface area contributed by atoms with E-state index >= 15 is 0 Å². The third kappa shape index (κ3) is 3.00. The van der Waals surface area contributed by atoms with Crippen LogP contribution in [0.5, 0.6) is 0 Å². The van der Waals surface area contributed by atoms with Gasteiger partial charge in [-0.1, -0.05) is 53.5 Å². The first-order valence-electron chi connectivity index (χ1n) is 6.10. The van der Waals surface area contributed by atoms with Crippen molar-refractivity contribution >= 4 is 23.2 Å². The van der Waals surface area contributed by atoms with Gasteiger partial charge in [-0.15, -0.1) is 0 Å². The van der Waals surface area contributed by atoms with Crippen LogP contribution >= 0.6 is 23.2 Å². The fraction of sp³-hybridized carbons (Fsp3) is 0.0667. The van der Waals surface area contributed by atoms with Gasteiger partial charge in [0.1, 0.15) is 10.3 Å². The van der Waals surface area contributed by atoms with Crippen molar-refractivity contribution in [2.24, 2.45) is 0 Å². The number of hydrogen-bond donors (Lipinski definition) is 0. The molecule has 0 bridgehead atoms. The van der Waals surface area contributed by atoms with E-state index in [2.05, 4.69) is 22.2 Å². The van der Waals surface area contributed by atoms with Crippen molar-refractivity contribution in [1.82, 2.24) is 14.8 Å². The maximum Gasteiger partial charge on any atom is 0.131 e. The number of aromatic nitrogens is 3. The van der Waals surface area contributed by atoms with Gasteiger partial charge in [-0.2, -0.15) is 5.10 Å². The molecule has 100 valence electrons. The largest absolute Gasteiger partial charge is 0.268 e. The highest BCUT2D eigenvalue weighted by molar-refractivity contribution is 6.32. The van der Waals surface area contributed by atoms with E-state index in [-0.39, 0.29) is 0 Å². The number of halogens is 2. The molecule has 0 amide bonds. The molecular weight excluding hydrogens is 293 g/mol. The zero-order valence-electron chi connectivity index (χ0n) is 10.5. The summed E-state index contributed by atoms with van der Waals surface area (Å²) in [5.74, 6) is 0. The second-order valence-electron chi connectivity index (χ2n) is 4.41. The van der Waals surface area contributed by atoms with E-state index in [1.807, 2.05) is 29.1 Å². The summed E-state index contributed by atoms with van der Waals surface area (Å²) in [6.45, 7) is 0.730. The van der Waals surface area contributed by atoms with Gasteiger partial charge in [0.15, 0.2) is 0 Å². The Morgan fingerprint density at radius 1 is 0.950 bits per heavy atom. The minimum atomic E-state index is 0.378. The Labute approximate surface area is 126 Å². The highest BCUT2D eigenvalue weighted by Crippen LogP contribution is 2.24. The summed E-state index contributed by atoms with van der Waals surface area (Å²) in [6.07, 6.45) is 3.76. The van der Waals surface area contributed by atoms with E-state index in [0.717, 1.165) is 17.7 Å². The fourth-order valence-corrected chi connectivity index (χ4v) is 2.46. The van der Waals surface area contributed by atoms with E-state index < -0.39 is 0 Å². The summed E-state index contributed by atoms with van der Waals surface area (Å²) in [5.41, 5.74) is 3.08. The second-order valence-corrected chi connectivity index (χ2v) is 5.19. The summed E-state index contributed by atoms with van der Waals surface area (Å²) >= 11 is 11.8. The third-order valence-electron chi connectivity index (χ3n) is 2.92. The first-order valence-corrected chi connectivity index (χ1v) is 6.86. The van der Waals surface area contributed by atoms with Gasteiger partial charge < -0.3 is 0 Å². The van der Waals surface area contributed by atoms with Gasteiger partial charge in [-0.05, 0) is 23.3 Å². The predicted molar refractivity (Wildman–Crippen MR) is 81.0 cm³/mol. The van der Waals surface area contributed by atoms with Gasteiger partial charge >= 0.3 is 0 Å². The summed E-state index contributed by atoms with van der Waals surface area (Å²) in [7, 11) is 0. The first kappa shape index (κ1) is 13.2. The molecule has 0 aliphatic heterocycles. The topological polar surface area (TPSA) is 30.7 Å². The van der Waals surface area contributed by atoms with Crippen LogP contribution in [0.4, 0.5) is 0 Å². The van der Waals surface area contributed by atoms with Crippen LogP contribution in [0.25, 0.3) is 11.1 Å². The van der Waals surface area contributed by atoms with Crippen molar-refractivity contribution in [3.05, 3.63) is 70.7 Å². The van der Waals surface area contributed by atoms with Crippen LogP contribution < -0.4 is 0 Å². The van der Waals surface area contributed by atoms with Gasteiger partial charge in [-0.3, -0.25) is 4.68 Å². The highest BCUT2D eigenvalue weighted by Gasteiger charge is 2.05. The van der Waals surface area contributed by atoms with E-state index in [9.17, 15) is 0 Å². The first-order chi connectivity index (χ1) is 9.70. The average Bonchev–Trinajstić information content (AvgIpc) is 2.87. The number of hydrogen-bond acceptors (Lipinski definition) is 2. The molecule has 0 N–H and O–H groups in total. The molecule has 2 heterocycles. The maximum atomic E-state index is 5.91. The zero-order valence-corrected chi connectivity index (χ0v) is 12.0. The van der Waals surface area contributed by atoms with E-state index in [1.165, 1.54) is 5.56 Å². The Kier molecular flexibility index (Phi) is 3.72. The average molecular weight is 304 g/mol. The Balaban J connectivity index is 1.86. The molecule has 0 radical (unpaired) electrons. The van der Waals surface area contributed by atoms with Crippen molar-refractivity contribution in [2.75, 3.05) is 0 Å². The normalized spacial score (nSPS) is 10.7. The molecule has 3 rings (SSSR count). The highest BCUT2D eigenvalue weighted by atomic mass is 35.5. The molecule has 1 aromatic carbocycles. The molecule has 0 saturated heterocycles. The Hall–Kier alpha value is -1.84. The Morgan fingerprint density at radius 2 is 1.65 bits per heavy atom. The zero-order chi connectivity index (χ0) is 13.9. The van der Waals surface area contributed by atoms with Crippen LogP contribution in [0.15, 0.2) is 54.9 Å². The van der Waals surface area contributed by atoms with Gasteiger partial charge in [0.25, 0.3) is 0 Å². The molecule has 0 spiro atoms. The summed E-state index contributed by atoms with van der Waals surface area (Å²) in [5, 5.41) is 5.11. The molecule has 20 heavy (non-hydrogen) atoms. The molecular formula is C15H11Cl2N3. The van der Waals surface area contributed by atoms with Crippen molar-refractivity contribution in [3.8, 4) is 11.1 Å². The molecule has 0 aliphatic rings. The molecule has 0 aliphatic carbocycles. The minimum absolute atomic E-state index is 0.378. The summed E-state index contributed by atoms with van der Waals surface area (Å²) in [4.78, 5) is 3.94. The summed E-state index contributed by atoms with van der Waals surface area (Å²) in [6, 6.07) is 13.7. The SMILES string of the molecule is Clc1cc(-c2cnn(Cc3ccccc3)c2)cc(Cl)n1. The van der Waals surface area contributed by atoms with E-state index in [4.69, 9.17) is 23.2 Å². The minimum Gasteiger partial charge on any atom is -0.268 e. The van der Waals surface area contributed by atoms with Crippen LogP contribution in [-0.4, -0.2) is 14.8 Å². The number of nitrogens with zero attached hydrogens (tertiary/aromatic N) is 3. The quantitative estimate of drug-likeness (QED) is 0.675. The second kappa shape index (κ2) is 5.65. The Bertz CT molecular complexity index is 703. The van der Waals surface area contributed by atoms with Gasteiger partial charge in [0.2, 0.25) is 0 Å². The summed E-state index contributed by atoms with van der Waals surface area (Å²) < 4.78 is 1.88. The standard InChI is InChI=1S/C15H11Cl2N3/c16-14-6-12(7-15(17)19-14)13-8-18-20(10-13)9-11-4-2-1-3-5-11/h1-8,10H,9H2. The molecule has 5 heteroatoms. The fourth-order valence-electron chi connectivity index (χ4n) is 2.00.